The van der Waals surface area contributed by atoms with Crippen LogP contribution in [0.3, 0.4) is 0 Å². The predicted octanol–water partition coefficient (Wildman–Crippen LogP) is 17.0. The first-order chi connectivity index (χ1) is 37.0. The number of fused-ring (bicyclic) bond motifs is 7. The van der Waals surface area contributed by atoms with Gasteiger partial charge < -0.3 is 4.57 Å². The van der Waals surface area contributed by atoms with Gasteiger partial charge in [-0.05, 0) is 42.3 Å². The molecule has 0 unspecified atom stereocenters. The normalized spacial score (nSPS) is 12.1. The van der Waals surface area contributed by atoms with Crippen LogP contribution in [0.5, 0.6) is 11.5 Å². The summed E-state index contributed by atoms with van der Waals surface area (Å²) < 4.78 is 14.9. The number of benzene rings is 10. The van der Waals surface area contributed by atoms with Crippen LogP contribution >= 0.6 is 0 Å². The molecule has 0 N–H and O–H groups in total. The van der Waals surface area contributed by atoms with E-state index in [4.69, 9.17) is 9.72 Å². The minimum atomic E-state index is 0.582. The van der Waals surface area contributed by atoms with E-state index in [9.17, 15) is 0 Å². The van der Waals surface area contributed by atoms with Gasteiger partial charge in [-0.3, -0.25) is 0 Å². The van der Waals surface area contributed by atoms with Crippen molar-refractivity contribution in [3.8, 4) is 73.1 Å². The fourth-order valence-corrected chi connectivity index (χ4v) is 12.2. The van der Waals surface area contributed by atoms with Gasteiger partial charge in [0, 0.05) is 28.2 Å². The van der Waals surface area contributed by atoms with Crippen LogP contribution in [-0.4, -0.2) is 18.7 Å². The van der Waals surface area contributed by atoms with Crippen LogP contribution in [0.2, 0.25) is 0 Å². The quantitative estimate of drug-likeness (QED) is 0.135. The molecule has 0 atom stereocenters. The first kappa shape index (κ1) is 44.6. The van der Waals surface area contributed by atoms with Crippen molar-refractivity contribution in [2.75, 3.05) is 4.90 Å². The summed E-state index contributed by atoms with van der Waals surface area (Å²) in [6.07, 6.45) is 2.00. The van der Waals surface area contributed by atoms with E-state index in [0.717, 1.165) is 93.5 Å². The number of aromatic nitrogens is 4. The van der Waals surface area contributed by atoms with E-state index in [1.165, 1.54) is 27.4 Å². The van der Waals surface area contributed by atoms with Gasteiger partial charge >= 0.3 is 296 Å². The zero-order valence-electron chi connectivity index (χ0n) is 40.8. The van der Waals surface area contributed by atoms with Crippen molar-refractivity contribution in [2.45, 2.75) is 13.5 Å². The Balaban J connectivity index is 0.875. The number of aryl methyl sites for hydroxylation is 1. The third kappa shape index (κ3) is 7.68. The number of hydrogen-bond donors (Lipinski definition) is 0. The number of imidazole rings is 1. The molecule has 360 valence electrons. The molecule has 75 heavy (non-hydrogen) atoms. The van der Waals surface area contributed by atoms with E-state index in [-0.39, 0.29) is 0 Å². The molecule has 0 spiro atoms. The molecule has 1 aliphatic heterocycles. The maximum absolute atomic E-state index is 6.84. The van der Waals surface area contributed by atoms with E-state index in [2.05, 4.69) is 269 Å². The molecule has 10 aromatic carbocycles. The fraction of sp³-hybridized carbons (Fsp3) is 0.0294. The van der Waals surface area contributed by atoms with Crippen molar-refractivity contribution >= 4 is 44.3 Å². The molecule has 6 nitrogen and oxygen atoms in total. The Morgan fingerprint density at radius 1 is 0.453 bits per heavy atom. The van der Waals surface area contributed by atoms with E-state index < -0.39 is 0 Å². The summed E-state index contributed by atoms with van der Waals surface area (Å²) in [5, 5.41) is 2.48. The third-order valence-corrected chi connectivity index (χ3v) is 15.5. The summed E-state index contributed by atoms with van der Waals surface area (Å²) >= 11 is 2.48. The first-order valence-corrected chi connectivity index (χ1v) is 26.3. The van der Waals surface area contributed by atoms with Crippen LogP contribution in [-0.2, 0) is 25.9 Å². The van der Waals surface area contributed by atoms with Gasteiger partial charge in [-0.25, -0.2) is 0 Å². The summed E-state index contributed by atoms with van der Waals surface area (Å²) in [5.41, 5.74) is 19.9. The molecule has 3 aromatic heterocycles. The van der Waals surface area contributed by atoms with Crippen LogP contribution in [0.15, 0.2) is 243 Å². The Hall–Kier alpha value is -9.09. The predicted molar refractivity (Wildman–Crippen MR) is 301 cm³/mol. The zero-order chi connectivity index (χ0) is 50.0. The van der Waals surface area contributed by atoms with Gasteiger partial charge in [-0.15, -0.1) is 0 Å². The van der Waals surface area contributed by atoms with Crippen molar-refractivity contribution in [1.82, 2.24) is 18.7 Å². The van der Waals surface area contributed by atoms with Crippen LogP contribution < -0.4 is 9.64 Å². The van der Waals surface area contributed by atoms with Gasteiger partial charge in [-0.1, -0.05) is 66.7 Å². The molecule has 7 heteroatoms. The van der Waals surface area contributed by atoms with Crippen LogP contribution in [0.1, 0.15) is 11.1 Å². The van der Waals surface area contributed by atoms with E-state index in [1.807, 2.05) is 30.5 Å². The zero-order valence-corrected chi connectivity index (χ0v) is 43.0. The number of para-hydroxylation sites is 5. The molecule has 1 aliphatic rings. The molecule has 0 bridgehead atoms. The van der Waals surface area contributed by atoms with Gasteiger partial charge in [-0.2, -0.15) is 0 Å². The van der Waals surface area contributed by atoms with Gasteiger partial charge in [0.15, 0.2) is 0 Å². The molecule has 0 aliphatic carbocycles. The second-order valence-electron chi connectivity index (χ2n) is 18.9. The molecule has 0 amide bonds. The molecule has 14 rings (SSSR count). The van der Waals surface area contributed by atoms with E-state index >= 15 is 0 Å². The Bertz CT molecular complexity index is 4290. The number of hydrogen-bond acceptors (Lipinski definition) is 3. The summed E-state index contributed by atoms with van der Waals surface area (Å²) in [6.45, 7) is 2.75. The van der Waals surface area contributed by atoms with Crippen molar-refractivity contribution < 1.29 is 24.1 Å². The molecule has 0 saturated carbocycles. The van der Waals surface area contributed by atoms with Crippen molar-refractivity contribution in [1.29, 1.82) is 0 Å². The average molecular weight is 1140 g/mol. The summed E-state index contributed by atoms with van der Waals surface area (Å²) in [7, 11) is 0. The standard InChI is InChI=1S/C68H45N5O.Pt/c1-46-39-67(69-43-61(46)49-23-9-4-10-24-49)70-44-50-40-52(73-62-31-13-11-27-58(62)59-28-12-14-32-63(59)73)35-37-55(50)60-38-36-54(42-66(60)70)74-53-26-17-25-51(41-53)71-45-72(65-34-16-15-33-64(65)71)68-56(47-19-5-2-6-20-47)29-18-30-57(68)48-21-7-3-8-22-48;/h2-40,43H,44H2,1H3;/q-2;. The number of ether oxygens (including phenoxy) is 1. The Morgan fingerprint density at radius 2 is 1.00 bits per heavy atom. The number of anilines is 2. The van der Waals surface area contributed by atoms with Crippen molar-refractivity contribution in [2.24, 2.45) is 0 Å². The molecule has 0 radical (unpaired) electrons. The van der Waals surface area contributed by atoms with Crippen molar-refractivity contribution in [3.63, 3.8) is 0 Å². The van der Waals surface area contributed by atoms with Gasteiger partial charge in [0.1, 0.15) is 0 Å². The monoisotopic (exact) mass is 1140 g/mol. The van der Waals surface area contributed by atoms with Crippen molar-refractivity contribution in [3.05, 3.63) is 270 Å². The van der Waals surface area contributed by atoms with Gasteiger partial charge in [0.2, 0.25) is 0 Å². The molecular weight excluding hydrogens is 1100 g/mol. The minimum Gasteiger partial charge on any atom is -0.0622 e. The number of pyridine rings is 1. The molecule has 13 aromatic rings. The Labute approximate surface area is 445 Å². The summed E-state index contributed by atoms with van der Waals surface area (Å²) in [6, 6.07) is 91.2. The first-order valence-electron chi connectivity index (χ1n) is 25.1. The Kier molecular flexibility index (Phi) is 11.0. The van der Waals surface area contributed by atoms with E-state index in [1.54, 1.807) is 0 Å². The third-order valence-electron chi connectivity index (χ3n) is 14.5. The smallest absolute Gasteiger partial charge is 0.0622 e. The fourth-order valence-electron chi connectivity index (χ4n) is 11.1. The summed E-state index contributed by atoms with van der Waals surface area (Å²) in [5.74, 6) is 2.01. The molecular formula is C68H45N5OPt-2. The number of rotatable bonds is 9. The topological polar surface area (TPSA) is 40.1 Å². The average Bonchev–Trinajstić information content (AvgIpc) is 4.01. The summed E-state index contributed by atoms with van der Waals surface area (Å²) in [4.78, 5) is 7.46. The SMILES string of the molecule is Cc1cc(N2Cc3cc(-n4c5ccccc5c5ccccc54)ccc3-c3ccc(Oc4[c-]c(-n5[c](=[Pt])n(-c6c(-c7ccccc7)cccc6-c6ccccc6)c6ccccc65)ccc4)[c-]c32)ncc1-c1ccccc1. The van der Waals surface area contributed by atoms with Crippen LogP contribution in [0.4, 0.5) is 11.5 Å². The van der Waals surface area contributed by atoms with E-state index in [0.29, 0.717) is 18.0 Å². The second kappa shape index (κ2) is 18.4. The molecule has 0 fully saturated rings. The number of nitrogens with zero attached hydrogens (tertiary/aromatic N) is 5. The molecule has 4 heterocycles. The van der Waals surface area contributed by atoms with Gasteiger partial charge in [0.25, 0.3) is 0 Å². The second-order valence-corrected chi connectivity index (χ2v) is 20.0. The molecule has 0 saturated heterocycles. The maximum atomic E-state index is 6.84. The minimum absolute atomic E-state index is 0.582. The van der Waals surface area contributed by atoms with Crippen LogP contribution in [0, 0.1) is 22.9 Å². The Morgan fingerprint density at radius 3 is 1.64 bits per heavy atom. The van der Waals surface area contributed by atoms with Crippen LogP contribution in [0.25, 0.3) is 94.4 Å². The van der Waals surface area contributed by atoms with Gasteiger partial charge in [0.05, 0.1) is 11.0 Å².